The molecular formula is C43H40N4O8. The summed E-state index contributed by atoms with van der Waals surface area (Å²) < 4.78 is 0. The van der Waals surface area contributed by atoms with Crippen molar-refractivity contribution in [1.29, 1.82) is 0 Å². The molecule has 0 saturated heterocycles. The van der Waals surface area contributed by atoms with E-state index in [9.17, 15) is 35.2 Å². The standard InChI is InChI=1S/C43H40N4O8/c1-42(2)33-14-9-10-15-35(33)45(25-26-20-28(46(52)53)22-29(21-26)47(54)55)37(42)24-32-40(50)31(41(32)51)23-36-43(3,4)34-18-17-27-12-7-8-13-30(27)39(34)44(36)19-11-5-6-16-38(48)49/h7-10,12-15,17-18,20-24H,5-6,11,16,19,25H2,1-4H3,(H-,48,49,50). The minimum atomic E-state index is -0.833. The van der Waals surface area contributed by atoms with Crippen molar-refractivity contribution in [3.8, 4) is 11.5 Å². The van der Waals surface area contributed by atoms with E-state index < -0.39 is 49.5 Å². The summed E-state index contributed by atoms with van der Waals surface area (Å²) in [5.41, 5.74) is 3.49. The molecule has 12 nitrogen and oxygen atoms in total. The number of benzene rings is 4. The number of carboxylic acid groups (broad SMARTS) is 1. The molecule has 0 saturated carbocycles. The monoisotopic (exact) mass is 740 g/mol. The number of anilines is 2. The van der Waals surface area contributed by atoms with Crippen LogP contribution in [0.25, 0.3) is 22.9 Å². The van der Waals surface area contributed by atoms with E-state index in [-0.39, 0.29) is 24.1 Å². The second kappa shape index (κ2) is 13.8. The fraction of sp³-hybridized carbons (Fsp3) is 0.279. The second-order valence-electron chi connectivity index (χ2n) is 15.3. The lowest BCUT2D eigenvalue weighted by atomic mass is 9.81. The van der Waals surface area contributed by atoms with Crippen molar-refractivity contribution >= 4 is 51.6 Å². The van der Waals surface area contributed by atoms with Crippen molar-refractivity contribution in [2.45, 2.75) is 70.8 Å². The van der Waals surface area contributed by atoms with Crippen molar-refractivity contribution in [2.75, 3.05) is 16.3 Å². The molecule has 0 aliphatic carbocycles. The predicted molar refractivity (Wildman–Crippen MR) is 208 cm³/mol. The zero-order chi connectivity index (χ0) is 39.4. The maximum absolute atomic E-state index is 14.1. The number of hydrogen-bond donors (Lipinski definition) is 1. The van der Waals surface area contributed by atoms with Gasteiger partial charge in [-0.25, -0.2) is 0 Å². The maximum Gasteiger partial charge on any atom is 0.303 e. The van der Waals surface area contributed by atoms with Gasteiger partial charge in [-0.2, -0.15) is 0 Å². The Bertz CT molecular complexity index is 2380. The van der Waals surface area contributed by atoms with Crippen LogP contribution in [0.3, 0.4) is 0 Å². The highest BCUT2D eigenvalue weighted by Gasteiger charge is 2.46. The van der Waals surface area contributed by atoms with Gasteiger partial charge in [0.05, 0.1) is 50.3 Å². The maximum atomic E-state index is 14.1. The number of nitro groups is 2. The number of fused-ring (bicyclic) bond motifs is 4. The summed E-state index contributed by atoms with van der Waals surface area (Å²) in [4.78, 5) is 37.2. The number of carbonyl (C=O) groups is 1. The molecule has 0 unspecified atom stereocenters. The minimum Gasteiger partial charge on any atom is -0.820 e. The minimum absolute atomic E-state index is 0.0109. The lowest BCUT2D eigenvalue weighted by molar-refractivity contribution is -0.394. The van der Waals surface area contributed by atoms with Crippen LogP contribution in [-0.4, -0.2) is 27.5 Å². The highest BCUT2D eigenvalue weighted by Crippen LogP contribution is 2.54. The quantitative estimate of drug-likeness (QED) is 0.0566. The van der Waals surface area contributed by atoms with E-state index in [1.807, 2.05) is 61.2 Å². The van der Waals surface area contributed by atoms with Gasteiger partial charge in [0.25, 0.3) is 11.4 Å². The Kier molecular flexibility index (Phi) is 9.24. The number of rotatable bonds is 12. The van der Waals surface area contributed by atoms with Crippen LogP contribution in [0.15, 0.2) is 90.3 Å². The molecule has 2 aliphatic rings. The van der Waals surface area contributed by atoms with Crippen molar-refractivity contribution in [3.05, 3.63) is 138 Å². The van der Waals surface area contributed by atoms with Crippen LogP contribution in [0.1, 0.15) is 81.2 Å². The first kappa shape index (κ1) is 36.9. The van der Waals surface area contributed by atoms with Gasteiger partial charge >= 0.3 is 5.97 Å². The Hall–Kier alpha value is -6.43. The van der Waals surface area contributed by atoms with Crippen molar-refractivity contribution < 1.29 is 30.0 Å². The number of nitrogens with zero attached hydrogens (tertiary/aromatic N) is 4. The first-order valence-electron chi connectivity index (χ1n) is 18.2. The molecule has 0 bridgehead atoms. The third kappa shape index (κ3) is 6.37. The fourth-order valence-corrected chi connectivity index (χ4v) is 8.24. The molecule has 280 valence electrons. The highest BCUT2D eigenvalue weighted by molar-refractivity contribution is 6.00. The van der Waals surface area contributed by atoms with Crippen LogP contribution in [0.5, 0.6) is 11.5 Å². The summed E-state index contributed by atoms with van der Waals surface area (Å²) in [6.45, 7) is 8.67. The molecule has 2 heterocycles. The molecule has 0 aromatic heterocycles. The molecule has 0 spiro atoms. The number of hydrogen-bond acceptors (Lipinski definition) is 9. The summed E-state index contributed by atoms with van der Waals surface area (Å²) in [5.74, 6) is -1.64. The molecule has 55 heavy (non-hydrogen) atoms. The Balaban J connectivity index is 1.29. The number of unbranched alkanes of at least 4 members (excludes halogenated alkanes) is 2. The van der Waals surface area contributed by atoms with Crippen LogP contribution < -0.4 is 20.0 Å². The van der Waals surface area contributed by atoms with Gasteiger partial charge < -0.3 is 20.2 Å². The van der Waals surface area contributed by atoms with E-state index >= 15 is 0 Å². The molecule has 0 radical (unpaired) electrons. The van der Waals surface area contributed by atoms with Gasteiger partial charge in [0, 0.05) is 48.1 Å². The molecule has 2 aliphatic heterocycles. The van der Waals surface area contributed by atoms with Gasteiger partial charge in [-0.05, 0) is 68.7 Å². The smallest absolute Gasteiger partial charge is 0.303 e. The van der Waals surface area contributed by atoms with E-state index in [0.717, 1.165) is 45.0 Å². The number of nitro benzene ring substituents is 2. The Morgan fingerprint density at radius 2 is 1.47 bits per heavy atom. The molecule has 0 amide bonds. The Morgan fingerprint density at radius 1 is 0.818 bits per heavy atom. The fourth-order valence-electron chi connectivity index (χ4n) is 8.24. The lowest BCUT2D eigenvalue weighted by Gasteiger charge is -2.27. The largest absolute Gasteiger partial charge is 0.820 e. The average Bonchev–Trinajstić information content (AvgIpc) is 3.50. The van der Waals surface area contributed by atoms with E-state index in [1.165, 1.54) is 12.1 Å². The van der Waals surface area contributed by atoms with Crippen LogP contribution >= 0.6 is 0 Å². The van der Waals surface area contributed by atoms with Crippen LogP contribution in [0, 0.1) is 20.2 Å². The van der Waals surface area contributed by atoms with E-state index in [2.05, 4.69) is 36.9 Å². The summed E-state index contributed by atoms with van der Waals surface area (Å²) >= 11 is 0. The van der Waals surface area contributed by atoms with Gasteiger partial charge in [-0.3, -0.25) is 29.9 Å². The summed E-state index contributed by atoms with van der Waals surface area (Å²) in [6, 6.07) is 23.3. The summed E-state index contributed by atoms with van der Waals surface area (Å²) in [5, 5.41) is 62.8. The third-order valence-electron chi connectivity index (χ3n) is 11.1. The molecule has 0 fully saturated rings. The SMILES string of the molecule is CC1(C)C(=Cc2c([O-])[c+](C=C3N(CCCCCC(=O)O)c4c(ccc5ccccc45)C3(C)C)[c+]2[O-])N(Cc2cc([N+](=O)[O-])cc([N+](=O)[O-])c2)c2ccccc21. The van der Waals surface area contributed by atoms with E-state index in [4.69, 9.17) is 5.11 Å². The number of aliphatic carboxylic acids is 1. The van der Waals surface area contributed by atoms with Crippen molar-refractivity contribution in [3.63, 3.8) is 0 Å². The van der Waals surface area contributed by atoms with Gasteiger partial charge in [0.1, 0.15) is 17.3 Å². The summed E-state index contributed by atoms with van der Waals surface area (Å²) in [7, 11) is 0. The van der Waals surface area contributed by atoms with Crippen LogP contribution in [0.4, 0.5) is 22.7 Å². The van der Waals surface area contributed by atoms with E-state index in [1.54, 1.807) is 12.2 Å². The predicted octanol–water partition coefficient (Wildman–Crippen LogP) is 8.36. The van der Waals surface area contributed by atoms with Crippen molar-refractivity contribution in [2.24, 2.45) is 0 Å². The molecule has 1 N–H and O–H groups in total. The molecule has 0 atom stereocenters. The number of carboxylic acids is 1. The second-order valence-corrected chi connectivity index (χ2v) is 15.3. The highest BCUT2D eigenvalue weighted by atomic mass is 16.6. The molecule has 5 aromatic carbocycles. The van der Waals surface area contributed by atoms with E-state index in [0.29, 0.717) is 37.1 Å². The van der Waals surface area contributed by atoms with Crippen molar-refractivity contribution in [1.82, 2.24) is 0 Å². The van der Waals surface area contributed by atoms with Crippen LogP contribution in [-0.2, 0) is 22.2 Å². The molecule has 7 rings (SSSR count). The zero-order valence-corrected chi connectivity index (χ0v) is 31.0. The first-order chi connectivity index (χ1) is 26.1. The third-order valence-corrected chi connectivity index (χ3v) is 11.1. The number of non-ortho nitro benzene ring substituents is 2. The number of allylic oxidation sites excluding steroid dienone is 2. The first-order valence-corrected chi connectivity index (χ1v) is 18.2. The topological polar surface area (TPSA) is 176 Å². The molecular weight excluding hydrogens is 700 g/mol. The van der Waals surface area contributed by atoms with Gasteiger partial charge in [0.2, 0.25) is 0 Å². The Morgan fingerprint density at radius 3 is 2.15 bits per heavy atom. The summed E-state index contributed by atoms with van der Waals surface area (Å²) in [6.07, 6.45) is 5.37. The molecule has 5 aromatic rings. The lowest BCUT2D eigenvalue weighted by Crippen LogP contribution is -2.28. The number of para-hydroxylation sites is 1. The molecule has 12 heteroatoms. The van der Waals surface area contributed by atoms with Gasteiger partial charge in [0.15, 0.2) is 5.56 Å². The average molecular weight is 741 g/mol. The van der Waals surface area contributed by atoms with Crippen LogP contribution in [0.2, 0.25) is 0 Å². The van der Waals surface area contributed by atoms with Gasteiger partial charge in [-0.1, -0.05) is 61.0 Å². The van der Waals surface area contributed by atoms with Gasteiger partial charge in [-0.15, -0.1) is 0 Å². The zero-order valence-electron chi connectivity index (χ0n) is 31.0. The Labute approximate surface area is 317 Å². The normalized spacial score (nSPS) is 16.9.